The predicted molar refractivity (Wildman–Crippen MR) is 14.8 cm³/mol. The molecule has 0 radical (unpaired) electrons. The van der Waals surface area contributed by atoms with Gasteiger partial charge >= 0.3 is 38.3 Å². The Morgan fingerprint density at radius 1 is 1.80 bits per heavy atom. The fourth-order valence-corrected chi connectivity index (χ4v) is 0. The van der Waals surface area contributed by atoms with E-state index in [9.17, 15) is 0 Å². The van der Waals surface area contributed by atoms with Gasteiger partial charge in [-0.05, 0) is 0 Å². The average molecular weight is 152 g/mol. The van der Waals surface area contributed by atoms with Crippen LogP contribution in [-0.2, 0) is 24.7 Å². The molecule has 0 aliphatic heterocycles. The van der Waals surface area contributed by atoms with Gasteiger partial charge in [-0.3, -0.25) is 0 Å². The predicted octanol–water partition coefficient (Wildman–Crippen LogP) is 0.847. The molecule has 3 heteroatoms. The van der Waals surface area contributed by atoms with Gasteiger partial charge in [-0.25, -0.2) is 0 Å². The second kappa shape index (κ2) is 4.35. The monoisotopic (exact) mass is 151 g/mol. The third-order valence-corrected chi connectivity index (χ3v) is 0. The van der Waals surface area contributed by atoms with E-state index >= 15 is 0 Å². The summed E-state index contributed by atoms with van der Waals surface area (Å²) < 4.78 is -0.743. The molecular weight excluding hydrogens is 147 g/mol. The van der Waals surface area contributed by atoms with Gasteiger partial charge in [0.25, 0.3) is 0 Å². The molecule has 0 amide bonds. The molecular formula is C2H5O2Zr. The second-order valence-corrected chi connectivity index (χ2v) is 1.36. The summed E-state index contributed by atoms with van der Waals surface area (Å²) in [4.78, 5) is 9.04. The Bertz CT molecular complexity index is 30.6. The molecule has 0 spiro atoms. The van der Waals surface area contributed by atoms with Crippen LogP contribution in [0.4, 0.5) is 4.79 Å². The van der Waals surface area contributed by atoms with Crippen molar-refractivity contribution in [3.8, 4) is 0 Å². The van der Waals surface area contributed by atoms with Gasteiger partial charge in [0.15, 0.2) is 0 Å². The van der Waals surface area contributed by atoms with Crippen molar-refractivity contribution in [1.29, 1.82) is 0 Å². The summed E-state index contributed by atoms with van der Waals surface area (Å²) in [7, 11) is 0. The normalized spacial score (nSPS) is 4.60. The summed E-state index contributed by atoms with van der Waals surface area (Å²) in [5.41, 5.74) is 0. The van der Waals surface area contributed by atoms with Crippen LogP contribution >= 0.6 is 0 Å². The van der Waals surface area contributed by atoms with Crippen molar-refractivity contribution in [2.45, 2.75) is 7.43 Å². The molecule has 0 bridgehead atoms. The topological polar surface area (TPSA) is 37.3 Å². The summed E-state index contributed by atoms with van der Waals surface area (Å²) in [6.45, 7) is 0. The van der Waals surface area contributed by atoms with Crippen molar-refractivity contribution in [2.75, 3.05) is 0 Å². The molecule has 1 N–H and O–H groups in total. The van der Waals surface area contributed by atoms with E-state index in [-0.39, 0.29) is 7.43 Å². The molecule has 0 aromatic heterocycles. The number of rotatable bonds is 0. The van der Waals surface area contributed by atoms with Crippen LogP contribution in [0.25, 0.3) is 0 Å². The zero-order chi connectivity index (χ0) is 3.58. The van der Waals surface area contributed by atoms with E-state index in [2.05, 4.69) is 0 Å². The maximum absolute atomic E-state index is 9.04. The third-order valence-electron chi connectivity index (χ3n) is 0. The van der Waals surface area contributed by atoms with Crippen LogP contribution < -0.4 is 0 Å². The SMILES string of the molecule is C.O=[C](O)[Zr]. The molecule has 29 valence electrons. The van der Waals surface area contributed by atoms with Crippen molar-refractivity contribution in [3.63, 3.8) is 0 Å². The standard InChI is InChI=1S/CHO2.CH4.Zr/c2-1-3;;/h(H,2,3);1H4;. The second-order valence-electron chi connectivity index (χ2n) is 0.305. The fourth-order valence-electron chi connectivity index (χ4n) is 0. The summed E-state index contributed by atoms with van der Waals surface area (Å²) in [6.07, 6.45) is 0. The quantitative estimate of drug-likeness (QED) is 0.558. The molecule has 0 saturated heterocycles. The molecule has 0 aromatic carbocycles. The zero-order valence-corrected chi connectivity index (χ0v) is 4.31. The van der Waals surface area contributed by atoms with E-state index < -0.39 is 3.68 Å². The molecule has 0 aliphatic rings. The van der Waals surface area contributed by atoms with E-state index in [0.717, 1.165) is 0 Å². The first-order valence-corrected chi connectivity index (χ1v) is 1.91. The Hall–Kier alpha value is 0.353. The molecule has 0 saturated carbocycles. The molecule has 0 aliphatic carbocycles. The van der Waals surface area contributed by atoms with Gasteiger partial charge < -0.3 is 0 Å². The Labute approximate surface area is 46.0 Å². The van der Waals surface area contributed by atoms with Crippen LogP contribution in [-0.4, -0.2) is 8.78 Å². The van der Waals surface area contributed by atoms with Gasteiger partial charge in [0.1, 0.15) is 0 Å². The summed E-state index contributed by atoms with van der Waals surface area (Å²) in [6, 6.07) is 0. The summed E-state index contributed by atoms with van der Waals surface area (Å²) in [5.74, 6) is 0. The van der Waals surface area contributed by atoms with Crippen LogP contribution in [0.3, 0.4) is 0 Å². The van der Waals surface area contributed by atoms with Crippen LogP contribution in [0.5, 0.6) is 0 Å². The molecule has 0 rings (SSSR count). The van der Waals surface area contributed by atoms with Gasteiger partial charge in [-0.15, -0.1) is 0 Å². The summed E-state index contributed by atoms with van der Waals surface area (Å²) in [5, 5.41) is 7.46. The van der Waals surface area contributed by atoms with E-state index in [4.69, 9.17) is 9.90 Å². The van der Waals surface area contributed by atoms with Gasteiger partial charge in [-0.1, -0.05) is 7.43 Å². The van der Waals surface area contributed by atoms with Crippen LogP contribution in [0.1, 0.15) is 7.43 Å². The molecule has 0 unspecified atom stereocenters. The van der Waals surface area contributed by atoms with Crippen molar-refractivity contribution < 1.29 is 34.6 Å². The Kier molecular flexibility index (Phi) is 7.85. The van der Waals surface area contributed by atoms with Gasteiger partial charge in [-0.2, -0.15) is 0 Å². The van der Waals surface area contributed by atoms with Gasteiger partial charge in [0.05, 0.1) is 0 Å². The Morgan fingerprint density at radius 3 is 1.80 bits per heavy atom. The van der Waals surface area contributed by atoms with Crippen molar-refractivity contribution >= 4 is 3.68 Å². The van der Waals surface area contributed by atoms with E-state index in [1.807, 2.05) is 0 Å². The van der Waals surface area contributed by atoms with Crippen LogP contribution in [0.15, 0.2) is 0 Å². The number of carbonyl (C=O) groups is 1. The van der Waals surface area contributed by atoms with Crippen molar-refractivity contribution in [1.82, 2.24) is 0 Å². The third kappa shape index (κ3) is 193. The maximum atomic E-state index is 9.04. The molecule has 2 nitrogen and oxygen atoms in total. The minimum atomic E-state index is -0.743. The fraction of sp³-hybridized carbons (Fsp3) is 0.500. The molecule has 0 atom stereocenters. The molecule has 0 aromatic rings. The average Bonchev–Trinajstić information content (AvgIpc) is 0.811. The number of hydrogen-bond acceptors (Lipinski definition) is 1. The molecule has 0 fully saturated rings. The zero-order valence-electron chi connectivity index (χ0n) is 1.86. The van der Waals surface area contributed by atoms with E-state index in [0.29, 0.717) is 24.7 Å². The van der Waals surface area contributed by atoms with Crippen LogP contribution in [0, 0.1) is 0 Å². The van der Waals surface area contributed by atoms with Gasteiger partial charge in [0.2, 0.25) is 0 Å². The molecule has 5 heavy (non-hydrogen) atoms. The van der Waals surface area contributed by atoms with Crippen molar-refractivity contribution in [3.05, 3.63) is 0 Å². The van der Waals surface area contributed by atoms with E-state index in [1.54, 1.807) is 0 Å². The number of carboxylic acid groups (broad SMARTS) is 1. The Morgan fingerprint density at radius 2 is 1.80 bits per heavy atom. The van der Waals surface area contributed by atoms with Gasteiger partial charge in [0, 0.05) is 0 Å². The summed E-state index contributed by atoms with van der Waals surface area (Å²) >= 11 is 0.553. The Balaban J connectivity index is 0. The van der Waals surface area contributed by atoms with Crippen molar-refractivity contribution in [2.24, 2.45) is 0 Å². The van der Waals surface area contributed by atoms with Crippen LogP contribution in [0.2, 0.25) is 0 Å². The minimum absolute atomic E-state index is 0. The first-order chi connectivity index (χ1) is 1.73. The first-order valence-electron chi connectivity index (χ1n) is 0.678. The first kappa shape index (κ1) is 9.02. The molecule has 0 heterocycles. The van der Waals surface area contributed by atoms with E-state index in [1.165, 1.54) is 0 Å². The number of hydrogen-bond donors (Lipinski definition) is 1.